The van der Waals surface area contributed by atoms with Crippen LogP contribution in [0.5, 0.6) is 5.75 Å². The number of halogens is 1. The van der Waals surface area contributed by atoms with Crippen LogP contribution in [0.25, 0.3) is 11.5 Å². The molecule has 3 rings (SSSR count). The van der Waals surface area contributed by atoms with Gasteiger partial charge in [-0.1, -0.05) is 11.6 Å². The lowest BCUT2D eigenvalue weighted by Crippen LogP contribution is -2.30. The van der Waals surface area contributed by atoms with E-state index in [1.165, 1.54) is 12.5 Å². The first-order valence-electron chi connectivity index (χ1n) is 7.60. The molecule has 26 heavy (non-hydrogen) atoms. The monoisotopic (exact) mass is 368 g/mol. The molecule has 0 spiro atoms. The van der Waals surface area contributed by atoms with Gasteiger partial charge < -0.3 is 14.5 Å². The summed E-state index contributed by atoms with van der Waals surface area (Å²) >= 11 is 5.96. The van der Waals surface area contributed by atoms with Gasteiger partial charge >= 0.3 is 0 Å². The molecule has 1 aromatic heterocycles. The molecule has 1 atom stereocenters. The van der Waals surface area contributed by atoms with Gasteiger partial charge in [0.15, 0.2) is 6.10 Å². The highest BCUT2D eigenvalue weighted by atomic mass is 35.5. The van der Waals surface area contributed by atoms with Crippen LogP contribution < -0.4 is 10.1 Å². The molecule has 0 aliphatic carbocycles. The number of benzene rings is 2. The van der Waals surface area contributed by atoms with Crippen molar-refractivity contribution in [3.8, 4) is 23.3 Å². The van der Waals surface area contributed by atoms with Crippen LogP contribution >= 0.6 is 11.6 Å². The molecule has 0 bridgehead atoms. The van der Waals surface area contributed by atoms with E-state index in [1.807, 2.05) is 6.07 Å². The number of aromatic nitrogens is 2. The minimum absolute atomic E-state index is 0.274. The lowest BCUT2D eigenvalue weighted by Gasteiger charge is -2.15. The van der Waals surface area contributed by atoms with Crippen molar-refractivity contribution in [2.45, 2.75) is 13.0 Å². The van der Waals surface area contributed by atoms with Crippen molar-refractivity contribution in [3.63, 3.8) is 0 Å². The quantitative estimate of drug-likeness (QED) is 0.737. The van der Waals surface area contributed by atoms with Gasteiger partial charge in [-0.15, -0.1) is 10.2 Å². The fourth-order valence-electron chi connectivity index (χ4n) is 2.16. The Balaban J connectivity index is 1.62. The number of carbonyl (C=O) groups is 1. The summed E-state index contributed by atoms with van der Waals surface area (Å²) in [6.45, 7) is 1.63. The molecule has 0 saturated heterocycles. The predicted octanol–water partition coefficient (Wildman–Crippen LogP) is 3.67. The van der Waals surface area contributed by atoms with Gasteiger partial charge in [-0.2, -0.15) is 5.26 Å². The van der Waals surface area contributed by atoms with E-state index in [9.17, 15) is 4.79 Å². The van der Waals surface area contributed by atoms with Crippen LogP contribution in [0.15, 0.2) is 53.3 Å². The Morgan fingerprint density at radius 1 is 1.31 bits per heavy atom. The highest BCUT2D eigenvalue weighted by Crippen LogP contribution is 2.22. The van der Waals surface area contributed by atoms with Gasteiger partial charge in [0, 0.05) is 11.3 Å². The zero-order valence-electron chi connectivity index (χ0n) is 13.6. The van der Waals surface area contributed by atoms with Crippen molar-refractivity contribution in [3.05, 3.63) is 59.4 Å². The average Bonchev–Trinajstić information content (AvgIpc) is 3.17. The van der Waals surface area contributed by atoms with Gasteiger partial charge in [0.25, 0.3) is 5.91 Å². The van der Waals surface area contributed by atoms with Crippen LogP contribution in [-0.2, 0) is 4.79 Å². The second-order valence-corrected chi connectivity index (χ2v) is 5.73. The number of ether oxygens (including phenoxy) is 1. The Morgan fingerprint density at radius 3 is 2.69 bits per heavy atom. The summed E-state index contributed by atoms with van der Waals surface area (Å²) in [6, 6.07) is 13.6. The van der Waals surface area contributed by atoms with Crippen molar-refractivity contribution < 1.29 is 13.9 Å². The zero-order valence-corrected chi connectivity index (χ0v) is 14.4. The summed E-state index contributed by atoms with van der Waals surface area (Å²) < 4.78 is 10.7. The first-order chi connectivity index (χ1) is 12.6. The van der Waals surface area contributed by atoms with E-state index in [-0.39, 0.29) is 10.9 Å². The van der Waals surface area contributed by atoms with Crippen molar-refractivity contribution in [1.82, 2.24) is 10.2 Å². The number of nitrogens with zero attached hydrogens (tertiary/aromatic N) is 3. The van der Waals surface area contributed by atoms with Gasteiger partial charge in [0.05, 0.1) is 10.6 Å². The van der Waals surface area contributed by atoms with Crippen LogP contribution in [0, 0.1) is 11.3 Å². The van der Waals surface area contributed by atoms with Crippen LogP contribution in [0.3, 0.4) is 0 Å². The highest BCUT2D eigenvalue weighted by Gasteiger charge is 2.16. The standard InChI is InChI=1S/C18H13ClN4O3/c1-11(17(24)22-14-5-2-13(9-20)16(19)8-14)26-15-6-3-12(4-7-15)18-23-21-10-25-18/h2-8,10-11H,1H3,(H,22,24)/t11-/m0/s1. The Bertz CT molecular complexity index is 950. The summed E-state index contributed by atoms with van der Waals surface area (Å²) in [5, 5.41) is 19.3. The van der Waals surface area contributed by atoms with Gasteiger partial charge in [-0.3, -0.25) is 4.79 Å². The van der Waals surface area contributed by atoms with Crippen molar-refractivity contribution >= 4 is 23.2 Å². The predicted molar refractivity (Wildman–Crippen MR) is 94.6 cm³/mol. The summed E-state index contributed by atoms with van der Waals surface area (Å²) in [4.78, 5) is 12.3. The van der Waals surface area contributed by atoms with E-state index >= 15 is 0 Å². The lowest BCUT2D eigenvalue weighted by molar-refractivity contribution is -0.122. The summed E-state index contributed by atoms with van der Waals surface area (Å²) in [7, 11) is 0. The van der Waals surface area contributed by atoms with Crippen molar-refractivity contribution in [2.24, 2.45) is 0 Å². The molecule has 0 saturated carbocycles. The molecule has 0 radical (unpaired) electrons. The number of hydrogen-bond donors (Lipinski definition) is 1. The Morgan fingerprint density at radius 2 is 2.08 bits per heavy atom. The maximum Gasteiger partial charge on any atom is 0.265 e. The molecule has 0 fully saturated rings. The molecular weight excluding hydrogens is 356 g/mol. The van der Waals surface area contributed by atoms with Crippen molar-refractivity contribution in [2.75, 3.05) is 5.32 Å². The molecule has 0 aliphatic rings. The number of anilines is 1. The molecule has 1 heterocycles. The number of rotatable bonds is 5. The van der Waals surface area contributed by atoms with Crippen LogP contribution in [-0.4, -0.2) is 22.2 Å². The molecule has 3 aromatic rings. The second kappa shape index (κ2) is 7.68. The molecule has 130 valence electrons. The number of hydrogen-bond acceptors (Lipinski definition) is 6. The number of nitriles is 1. The SMILES string of the molecule is C[C@H](Oc1ccc(-c2nnco2)cc1)C(=O)Nc1ccc(C#N)c(Cl)c1. The van der Waals surface area contributed by atoms with Gasteiger partial charge in [0.1, 0.15) is 11.8 Å². The topological polar surface area (TPSA) is 101 Å². The third kappa shape index (κ3) is 3.99. The highest BCUT2D eigenvalue weighted by molar-refractivity contribution is 6.32. The zero-order chi connectivity index (χ0) is 18.5. The molecule has 1 amide bonds. The summed E-state index contributed by atoms with van der Waals surface area (Å²) in [5.41, 5.74) is 1.58. The number of nitrogens with one attached hydrogen (secondary N) is 1. The largest absolute Gasteiger partial charge is 0.481 e. The summed E-state index contributed by atoms with van der Waals surface area (Å²) in [6.07, 6.45) is 0.514. The summed E-state index contributed by atoms with van der Waals surface area (Å²) in [5.74, 6) is 0.584. The molecule has 8 heteroatoms. The van der Waals surface area contributed by atoms with Crippen molar-refractivity contribution in [1.29, 1.82) is 5.26 Å². The van der Waals surface area contributed by atoms with Crippen LogP contribution in [0.2, 0.25) is 5.02 Å². The van der Waals surface area contributed by atoms with E-state index in [2.05, 4.69) is 15.5 Å². The van der Waals surface area contributed by atoms with E-state index in [0.29, 0.717) is 22.9 Å². The van der Waals surface area contributed by atoms with E-state index in [0.717, 1.165) is 5.56 Å². The Hall–Kier alpha value is -3.37. The maximum atomic E-state index is 12.3. The van der Waals surface area contributed by atoms with E-state index < -0.39 is 6.10 Å². The first-order valence-corrected chi connectivity index (χ1v) is 7.98. The van der Waals surface area contributed by atoms with Crippen LogP contribution in [0.1, 0.15) is 12.5 Å². The fourth-order valence-corrected chi connectivity index (χ4v) is 2.38. The minimum Gasteiger partial charge on any atom is -0.481 e. The molecular formula is C18H13ClN4O3. The number of carbonyl (C=O) groups excluding carboxylic acids is 1. The molecule has 0 unspecified atom stereocenters. The molecule has 7 nitrogen and oxygen atoms in total. The number of amides is 1. The fraction of sp³-hybridized carbons (Fsp3) is 0.111. The van der Waals surface area contributed by atoms with Crippen LogP contribution in [0.4, 0.5) is 5.69 Å². The maximum absolute atomic E-state index is 12.3. The van der Waals surface area contributed by atoms with Gasteiger partial charge in [-0.25, -0.2) is 0 Å². The van der Waals surface area contributed by atoms with E-state index in [1.54, 1.807) is 43.3 Å². The first kappa shape index (κ1) is 17.5. The van der Waals surface area contributed by atoms with Gasteiger partial charge in [0.2, 0.25) is 12.3 Å². The second-order valence-electron chi connectivity index (χ2n) is 5.32. The average molecular weight is 369 g/mol. The molecule has 0 aliphatic heterocycles. The molecule has 2 aromatic carbocycles. The smallest absolute Gasteiger partial charge is 0.265 e. The van der Waals surface area contributed by atoms with Gasteiger partial charge in [-0.05, 0) is 49.4 Å². The lowest BCUT2D eigenvalue weighted by atomic mass is 10.2. The normalized spacial score (nSPS) is 11.4. The van der Waals surface area contributed by atoms with E-state index in [4.69, 9.17) is 26.0 Å². The Kier molecular flexibility index (Phi) is 5.15. The third-order valence-corrected chi connectivity index (χ3v) is 3.81. The third-order valence-electron chi connectivity index (χ3n) is 3.50. The molecule has 1 N–H and O–H groups in total. The Labute approximate surface area is 154 Å². The minimum atomic E-state index is -0.737.